The van der Waals surface area contributed by atoms with Crippen LogP contribution in [0.2, 0.25) is 5.02 Å². The van der Waals surface area contributed by atoms with Gasteiger partial charge in [0, 0.05) is 29.6 Å². The number of rotatable bonds is 10. The highest BCUT2D eigenvalue weighted by Gasteiger charge is 2.44. The number of sulfonamides is 1. The molecule has 0 radical (unpaired) electrons. The number of para-hydroxylation sites is 1. The Balaban J connectivity index is 1.18. The van der Waals surface area contributed by atoms with E-state index in [9.17, 15) is 8.42 Å². The molecule has 2 heterocycles. The Morgan fingerprint density at radius 2 is 1.82 bits per heavy atom. The number of ether oxygens (including phenoxy) is 2. The normalized spacial score (nSPS) is 22.5. The van der Waals surface area contributed by atoms with Crippen molar-refractivity contribution >= 4 is 39.1 Å². The largest absolute Gasteiger partial charge is 0.492 e. The van der Waals surface area contributed by atoms with E-state index in [2.05, 4.69) is 11.9 Å². The molecule has 3 N–H and O–H groups in total. The molecule has 2 aliphatic rings. The molecular formula is C24H30ClN3O4S2. The van der Waals surface area contributed by atoms with Crippen molar-refractivity contribution in [2.75, 3.05) is 25.1 Å². The molecule has 0 aromatic heterocycles. The lowest BCUT2D eigenvalue weighted by molar-refractivity contribution is 0.201. The molecule has 2 aromatic rings. The van der Waals surface area contributed by atoms with E-state index in [1.165, 1.54) is 18.0 Å². The fraction of sp³-hybridized carbons (Fsp3) is 0.417. The van der Waals surface area contributed by atoms with Gasteiger partial charge >= 0.3 is 0 Å². The van der Waals surface area contributed by atoms with Gasteiger partial charge in [-0.1, -0.05) is 29.4 Å². The first-order chi connectivity index (χ1) is 16.2. The zero-order valence-corrected chi connectivity index (χ0v) is 21.5. The van der Waals surface area contributed by atoms with Crippen LogP contribution in [0.1, 0.15) is 25.7 Å². The maximum Gasteiger partial charge on any atom is 0.211 e. The molecule has 34 heavy (non-hydrogen) atoms. The molecule has 2 aromatic carbocycles. The third-order valence-electron chi connectivity index (χ3n) is 6.14. The van der Waals surface area contributed by atoms with Gasteiger partial charge in [-0.2, -0.15) is 4.31 Å². The number of fused-ring (bicyclic) bond motifs is 2. The fourth-order valence-corrected chi connectivity index (χ4v) is 7.21. The molecule has 0 aliphatic carbocycles. The Morgan fingerprint density at radius 3 is 2.47 bits per heavy atom. The number of hydrogen-bond donors (Lipinski definition) is 2. The van der Waals surface area contributed by atoms with E-state index in [0.29, 0.717) is 40.7 Å². The lowest BCUT2D eigenvalue weighted by Crippen LogP contribution is -2.51. The second-order valence-corrected chi connectivity index (χ2v) is 12.0. The van der Waals surface area contributed by atoms with Gasteiger partial charge in [0.25, 0.3) is 0 Å². The quantitative estimate of drug-likeness (QED) is 0.205. The molecule has 0 unspecified atom stereocenters. The van der Waals surface area contributed by atoms with Gasteiger partial charge in [-0.25, -0.2) is 8.42 Å². The van der Waals surface area contributed by atoms with Crippen LogP contribution in [0.5, 0.6) is 11.5 Å². The third kappa shape index (κ3) is 6.20. The summed E-state index contributed by atoms with van der Waals surface area (Å²) >= 11 is 7.38. The Morgan fingerprint density at radius 1 is 1.18 bits per heavy atom. The summed E-state index contributed by atoms with van der Waals surface area (Å²) in [7, 11) is -3.12. The second-order valence-electron chi connectivity index (χ2n) is 8.65. The molecule has 10 heteroatoms. The van der Waals surface area contributed by atoms with Crippen molar-refractivity contribution in [3.8, 4) is 11.5 Å². The molecule has 3 atom stereocenters. The smallest absolute Gasteiger partial charge is 0.211 e. The number of nitrogens with two attached hydrogens (primary N) is 1. The Bertz CT molecular complexity index is 1110. The highest BCUT2D eigenvalue weighted by atomic mass is 35.5. The van der Waals surface area contributed by atoms with Crippen LogP contribution in [0.3, 0.4) is 0 Å². The summed E-state index contributed by atoms with van der Waals surface area (Å²) in [5.41, 5.74) is 6.50. The van der Waals surface area contributed by atoms with Crippen LogP contribution >= 0.6 is 23.4 Å². The van der Waals surface area contributed by atoms with Crippen molar-refractivity contribution < 1.29 is 17.9 Å². The molecular weight excluding hydrogens is 494 g/mol. The number of nitrogens with zero attached hydrogens (tertiary/aromatic N) is 1. The van der Waals surface area contributed by atoms with Gasteiger partial charge in [0.15, 0.2) is 5.09 Å². The van der Waals surface area contributed by atoms with Crippen molar-refractivity contribution in [1.29, 1.82) is 0 Å². The second kappa shape index (κ2) is 10.8. The van der Waals surface area contributed by atoms with Crippen LogP contribution in [0.4, 0.5) is 5.69 Å². The van der Waals surface area contributed by atoms with Crippen LogP contribution in [-0.4, -0.2) is 50.3 Å². The molecule has 0 saturated carbocycles. The van der Waals surface area contributed by atoms with Crippen molar-refractivity contribution in [1.82, 2.24) is 9.62 Å². The van der Waals surface area contributed by atoms with E-state index in [4.69, 9.17) is 26.8 Å². The summed E-state index contributed by atoms with van der Waals surface area (Å²) < 4.78 is 37.4. The van der Waals surface area contributed by atoms with Gasteiger partial charge in [0.05, 0.1) is 17.0 Å². The maximum atomic E-state index is 12.0. The van der Waals surface area contributed by atoms with Crippen LogP contribution in [0.15, 0.2) is 59.0 Å². The fourth-order valence-electron chi connectivity index (χ4n) is 4.76. The number of halogens is 1. The van der Waals surface area contributed by atoms with Crippen molar-refractivity contribution in [3.63, 3.8) is 0 Å². The summed E-state index contributed by atoms with van der Waals surface area (Å²) in [6.45, 7) is 5.17. The zero-order chi connectivity index (χ0) is 24.3. The number of piperidine rings is 1. The lowest BCUT2D eigenvalue weighted by atomic mass is 10.00. The molecule has 7 nitrogen and oxygen atoms in total. The number of nitrogens with one attached hydrogen (secondary N) is 1. The average Bonchev–Trinajstić information content (AvgIpc) is 3.07. The summed E-state index contributed by atoms with van der Waals surface area (Å²) in [6.07, 6.45) is 4.95. The van der Waals surface area contributed by atoms with Crippen LogP contribution in [-0.2, 0) is 10.0 Å². The molecule has 2 saturated heterocycles. The Kier molecular flexibility index (Phi) is 7.99. The molecule has 2 aliphatic heterocycles. The van der Waals surface area contributed by atoms with Crippen LogP contribution in [0.25, 0.3) is 0 Å². The predicted molar refractivity (Wildman–Crippen MR) is 138 cm³/mol. The van der Waals surface area contributed by atoms with Crippen LogP contribution in [0, 0.1) is 0 Å². The third-order valence-corrected chi connectivity index (χ3v) is 8.72. The molecule has 0 amide bonds. The van der Waals surface area contributed by atoms with Crippen molar-refractivity contribution in [2.24, 2.45) is 0 Å². The van der Waals surface area contributed by atoms with Crippen molar-refractivity contribution in [2.45, 2.75) is 48.7 Å². The van der Waals surface area contributed by atoms with E-state index >= 15 is 0 Å². The number of thioether (sulfide) groups is 1. The first-order valence-electron chi connectivity index (χ1n) is 11.2. The minimum Gasteiger partial charge on any atom is -0.492 e. The van der Waals surface area contributed by atoms with Crippen LogP contribution < -0.4 is 20.5 Å². The minimum atomic E-state index is -3.12. The molecule has 2 bridgehead atoms. The SMILES string of the molecule is C=C(Oc1ccc(OCCN[C@H]2C[C@H]3CC[C@@H](C2)N3S(C)(=O)=O)cc1)Sc1cccc(Cl)c1N. The highest BCUT2D eigenvalue weighted by molar-refractivity contribution is 8.03. The van der Waals surface area contributed by atoms with E-state index in [-0.39, 0.29) is 12.1 Å². The van der Waals surface area contributed by atoms with Gasteiger partial charge in [-0.15, -0.1) is 0 Å². The average molecular weight is 524 g/mol. The van der Waals surface area contributed by atoms with Gasteiger partial charge in [-0.05, 0) is 68.7 Å². The van der Waals surface area contributed by atoms with Gasteiger partial charge in [-0.3, -0.25) is 0 Å². The van der Waals surface area contributed by atoms with Gasteiger partial charge < -0.3 is 20.5 Å². The zero-order valence-electron chi connectivity index (χ0n) is 19.1. The number of anilines is 1. The van der Waals surface area contributed by atoms with E-state index < -0.39 is 10.0 Å². The molecule has 0 spiro atoms. The molecule has 184 valence electrons. The first-order valence-corrected chi connectivity index (χ1v) is 14.3. The molecule has 2 fully saturated rings. The minimum absolute atomic E-state index is 0.128. The van der Waals surface area contributed by atoms with E-state index in [1.807, 2.05) is 36.4 Å². The standard InChI is InChI=1S/C24H30ClN3O4S2/c1-16(33-23-5-3-4-22(25)24(23)26)32-21-10-8-20(9-11-21)31-13-12-27-17-14-18-6-7-19(15-17)28(18)34(2,29)30/h3-5,8-11,17-19,27H,1,6-7,12-15,26H2,2H3/t17-,18+,19-. The number of benzene rings is 2. The topological polar surface area (TPSA) is 93.9 Å². The first kappa shape index (κ1) is 25.2. The maximum absolute atomic E-state index is 12.0. The summed E-state index contributed by atoms with van der Waals surface area (Å²) in [4.78, 5) is 0.792. The van der Waals surface area contributed by atoms with E-state index in [1.54, 1.807) is 10.4 Å². The van der Waals surface area contributed by atoms with Gasteiger partial charge in [0.1, 0.15) is 18.1 Å². The van der Waals surface area contributed by atoms with Crippen molar-refractivity contribution in [3.05, 3.63) is 59.2 Å². The summed E-state index contributed by atoms with van der Waals surface area (Å²) in [5.74, 6) is 1.40. The Labute approximate surface area is 210 Å². The van der Waals surface area contributed by atoms with E-state index in [0.717, 1.165) is 36.3 Å². The summed E-state index contributed by atoms with van der Waals surface area (Å²) in [6, 6.07) is 13.4. The highest BCUT2D eigenvalue weighted by Crippen LogP contribution is 2.38. The lowest BCUT2D eigenvalue weighted by Gasteiger charge is -2.37. The number of nitrogen functional groups attached to an aromatic ring is 1. The number of hydrogen-bond acceptors (Lipinski definition) is 7. The summed E-state index contributed by atoms with van der Waals surface area (Å²) in [5, 5.41) is 4.52. The predicted octanol–water partition coefficient (Wildman–Crippen LogP) is 4.49. The Hall–Kier alpha value is -1.91. The molecule has 4 rings (SSSR count). The van der Waals surface area contributed by atoms with Gasteiger partial charge in [0.2, 0.25) is 10.0 Å². The monoisotopic (exact) mass is 523 g/mol.